The van der Waals surface area contributed by atoms with Gasteiger partial charge in [0.25, 0.3) is 0 Å². The first-order chi connectivity index (χ1) is 7.74. The Morgan fingerprint density at radius 1 is 1.50 bits per heavy atom. The average molecular weight is 221 g/mol. The second-order valence-electron chi connectivity index (χ2n) is 4.52. The number of methoxy groups -OCH3 is 1. The molecule has 0 aliphatic carbocycles. The standard InChI is InChI=1S/C13H19NO2/c1-14-8-10(9-15)6-13(14)11-4-3-5-12(7-11)16-2/h3-5,7,10,13,15H,6,8-9H2,1-2H3/t10-,13-/m0/s1. The number of ether oxygens (including phenoxy) is 1. The molecule has 1 aliphatic rings. The van der Waals surface area contributed by atoms with Crippen molar-refractivity contribution >= 4 is 0 Å². The van der Waals surface area contributed by atoms with Crippen LogP contribution in [0, 0.1) is 5.92 Å². The molecule has 0 amide bonds. The Bertz CT molecular complexity index is 354. The third kappa shape index (κ3) is 2.20. The van der Waals surface area contributed by atoms with Crippen LogP contribution in [-0.4, -0.2) is 37.3 Å². The van der Waals surface area contributed by atoms with E-state index < -0.39 is 0 Å². The molecule has 0 unspecified atom stereocenters. The molecule has 1 heterocycles. The lowest BCUT2D eigenvalue weighted by atomic mass is 10.0. The Morgan fingerprint density at radius 3 is 2.94 bits per heavy atom. The summed E-state index contributed by atoms with van der Waals surface area (Å²) in [6, 6.07) is 8.60. The molecule has 2 rings (SSSR count). The van der Waals surface area contributed by atoms with E-state index >= 15 is 0 Å². The summed E-state index contributed by atoms with van der Waals surface area (Å²) in [5, 5.41) is 9.20. The fraction of sp³-hybridized carbons (Fsp3) is 0.538. The Morgan fingerprint density at radius 2 is 2.31 bits per heavy atom. The highest BCUT2D eigenvalue weighted by Gasteiger charge is 2.29. The van der Waals surface area contributed by atoms with Crippen molar-refractivity contribution in [3.63, 3.8) is 0 Å². The molecule has 3 nitrogen and oxygen atoms in total. The van der Waals surface area contributed by atoms with E-state index in [1.54, 1.807) is 7.11 Å². The molecule has 3 heteroatoms. The summed E-state index contributed by atoms with van der Waals surface area (Å²) < 4.78 is 5.23. The second-order valence-corrected chi connectivity index (χ2v) is 4.52. The van der Waals surface area contributed by atoms with Crippen molar-refractivity contribution in [1.29, 1.82) is 0 Å². The van der Waals surface area contributed by atoms with Crippen LogP contribution in [0.15, 0.2) is 24.3 Å². The van der Waals surface area contributed by atoms with Crippen molar-refractivity contribution in [1.82, 2.24) is 4.90 Å². The predicted octanol–water partition coefficient (Wildman–Crippen LogP) is 1.68. The van der Waals surface area contributed by atoms with Crippen molar-refractivity contribution < 1.29 is 9.84 Å². The van der Waals surface area contributed by atoms with Gasteiger partial charge in [-0.1, -0.05) is 12.1 Å². The van der Waals surface area contributed by atoms with E-state index in [1.807, 2.05) is 12.1 Å². The molecule has 2 atom stereocenters. The topological polar surface area (TPSA) is 32.7 Å². The number of aliphatic hydroxyl groups is 1. The number of rotatable bonds is 3. The number of aliphatic hydroxyl groups excluding tert-OH is 1. The monoisotopic (exact) mass is 221 g/mol. The van der Waals surface area contributed by atoms with Crippen LogP contribution in [0.3, 0.4) is 0 Å². The van der Waals surface area contributed by atoms with E-state index in [1.165, 1.54) is 5.56 Å². The van der Waals surface area contributed by atoms with Gasteiger partial charge < -0.3 is 9.84 Å². The minimum Gasteiger partial charge on any atom is -0.497 e. The number of hydrogen-bond donors (Lipinski definition) is 1. The van der Waals surface area contributed by atoms with Gasteiger partial charge in [0, 0.05) is 19.2 Å². The summed E-state index contributed by atoms with van der Waals surface area (Å²) in [5.74, 6) is 1.31. The SMILES string of the molecule is COc1cccc([C@@H]2C[C@H](CO)CN2C)c1. The molecule has 0 radical (unpaired) electrons. The fourth-order valence-electron chi connectivity index (χ4n) is 2.48. The molecule has 1 aromatic carbocycles. The molecule has 1 aliphatic heterocycles. The summed E-state index contributed by atoms with van der Waals surface area (Å²) in [4.78, 5) is 2.30. The highest BCUT2D eigenvalue weighted by molar-refractivity contribution is 5.31. The Hall–Kier alpha value is -1.06. The zero-order valence-electron chi connectivity index (χ0n) is 9.89. The van der Waals surface area contributed by atoms with Gasteiger partial charge in [-0.2, -0.15) is 0 Å². The van der Waals surface area contributed by atoms with Crippen LogP contribution in [0.25, 0.3) is 0 Å². The van der Waals surface area contributed by atoms with E-state index in [2.05, 4.69) is 24.1 Å². The van der Waals surface area contributed by atoms with Crippen molar-refractivity contribution in [3.05, 3.63) is 29.8 Å². The molecule has 1 saturated heterocycles. The Labute approximate surface area is 96.6 Å². The highest BCUT2D eigenvalue weighted by atomic mass is 16.5. The van der Waals surface area contributed by atoms with Gasteiger partial charge in [-0.05, 0) is 37.1 Å². The third-order valence-corrected chi connectivity index (χ3v) is 3.37. The van der Waals surface area contributed by atoms with Gasteiger partial charge in [0.1, 0.15) is 5.75 Å². The van der Waals surface area contributed by atoms with E-state index in [9.17, 15) is 5.11 Å². The van der Waals surface area contributed by atoms with E-state index in [0.29, 0.717) is 12.0 Å². The second kappa shape index (κ2) is 4.85. The van der Waals surface area contributed by atoms with Gasteiger partial charge in [-0.15, -0.1) is 0 Å². The minimum atomic E-state index is 0.283. The Balaban J connectivity index is 2.17. The minimum absolute atomic E-state index is 0.283. The highest BCUT2D eigenvalue weighted by Crippen LogP contribution is 2.34. The lowest BCUT2D eigenvalue weighted by molar-refractivity contribution is 0.227. The summed E-state index contributed by atoms with van der Waals surface area (Å²) in [5.41, 5.74) is 1.28. The lowest BCUT2D eigenvalue weighted by Gasteiger charge is -2.19. The van der Waals surface area contributed by atoms with Crippen molar-refractivity contribution in [3.8, 4) is 5.75 Å². The summed E-state index contributed by atoms with van der Waals surface area (Å²) in [7, 11) is 3.80. The van der Waals surface area contributed by atoms with Crippen LogP contribution in [0.4, 0.5) is 0 Å². The number of nitrogens with zero attached hydrogens (tertiary/aromatic N) is 1. The third-order valence-electron chi connectivity index (χ3n) is 3.37. The smallest absolute Gasteiger partial charge is 0.119 e. The zero-order valence-corrected chi connectivity index (χ0v) is 9.89. The zero-order chi connectivity index (χ0) is 11.5. The molecule has 88 valence electrons. The van der Waals surface area contributed by atoms with Gasteiger partial charge in [0.15, 0.2) is 0 Å². The molecule has 0 bridgehead atoms. The molecule has 1 N–H and O–H groups in total. The molecule has 0 spiro atoms. The van der Waals surface area contributed by atoms with Crippen molar-refractivity contribution in [2.24, 2.45) is 5.92 Å². The van der Waals surface area contributed by atoms with Crippen molar-refractivity contribution in [2.45, 2.75) is 12.5 Å². The molecule has 0 aromatic heterocycles. The maximum absolute atomic E-state index is 9.20. The van der Waals surface area contributed by atoms with E-state index in [-0.39, 0.29) is 6.61 Å². The quantitative estimate of drug-likeness (QED) is 0.843. The molecule has 0 saturated carbocycles. The molecule has 16 heavy (non-hydrogen) atoms. The first-order valence-electron chi connectivity index (χ1n) is 5.69. The lowest BCUT2D eigenvalue weighted by Crippen LogP contribution is -2.18. The number of benzene rings is 1. The molecular weight excluding hydrogens is 202 g/mol. The number of hydrogen-bond acceptors (Lipinski definition) is 3. The first-order valence-corrected chi connectivity index (χ1v) is 5.69. The van der Waals surface area contributed by atoms with Crippen molar-refractivity contribution in [2.75, 3.05) is 27.3 Å². The largest absolute Gasteiger partial charge is 0.497 e. The average Bonchev–Trinajstić information content (AvgIpc) is 2.71. The normalized spacial score (nSPS) is 25.9. The van der Waals surface area contributed by atoms with Gasteiger partial charge in [0.05, 0.1) is 7.11 Å². The predicted molar refractivity (Wildman–Crippen MR) is 63.6 cm³/mol. The van der Waals surface area contributed by atoms with Gasteiger partial charge in [-0.3, -0.25) is 4.90 Å². The summed E-state index contributed by atoms with van der Waals surface area (Å²) in [6.45, 7) is 1.25. The first kappa shape index (κ1) is 11.4. The van der Waals surface area contributed by atoms with Crippen LogP contribution >= 0.6 is 0 Å². The number of likely N-dealkylation sites (tertiary alicyclic amines) is 1. The van der Waals surface area contributed by atoms with Gasteiger partial charge >= 0.3 is 0 Å². The van der Waals surface area contributed by atoms with E-state index in [4.69, 9.17) is 4.74 Å². The van der Waals surface area contributed by atoms with Crippen LogP contribution in [0.5, 0.6) is 5.75 Å². The van der Waals surface area contributed by atoms with Crippen LogP contribution in [0.1, 0.15) is 18.0 Å². The fourth-order valence-corrected chi connectivity index (χ4v) is 2.48. The van der Waals surface area contributed by atoms with Crippen LogP contribution in [-0.2, 0) is 0 Å². The molecule has 1 fully saturated rings. The Kier molecular flexibility index (Phi) is 3.46. The molecule has 1 aromatic rings. The summed E-state index contributed by atoms with van der Waals surface area (Å²) >= 11 is 0. The van der Waals surface area contributed by atoms with Crippen LogP contribution in [0.2, 0.25) is 0 Å². The van der Waals surface area contributed by atoms with Gasteiger partial charge in [0.2, 0.25) is 0 Å². The van der Waals surface area contributed by atoms with Crippen LogP contribution < -0.4 is 4.74 Å². The maximum Gasteiger partial charge on any atom is 0.119 e. The van der Waals surface area contributed by atoms with Gasteiger partial charge in [-0.25, -0.2) is 0 Å². The summed E-state index contributed by atoms with van der Waals surface area (Å²) in [6.07, 6.45) is 1.03. The molecular formula is C13H19NO2. The maximum atomic E-state index is 9.20. The van der Waals surface area contributed by atoms with E-state index in [0.717, 1.165) is 18.7 Å².